The van der Waals surface area contributed by atoms with Crippen LogP contribution < -0.4 is 5.48 Å². The van der Waals surface area contributed by atoms with Crippen molar-refractivity contribution in [2.45, 2.75) is 32.1 Å². The first-order valence-electron chi connectivity index (χ1n) is 4.88. The van der Waals surface area contributed by atoms with Crippen molar-refractivity contribution >= 4 is 5.69 Å². The molecule has 1 aliphatic carbocycles. The minimum Gasteiger partial charge on any atom is -0.291 e. The lowest BCUT2D eigenvalue weighted by Gasteiger charge is -2.08. The largest absolute Gasteiger partial charge is 0.291 e. The predicted molar refractivity (Wildman–Crippen MR) is 53.2 cm³/mol. The molecule has 0 spiro atoms. The summed E-state index contributed by atoms with van der Waals surface area (Å²) in [5.41, 5.74) is 5.67. The van der Waals surface area contributed by atoms with Crippen LogP contribution in [0.2, 0.25) is 0 Å². The van der Waals surface area contributed by atoms with E-state index in [1.54, 1.807) is 0 Å². The van der Waals surface area contributed by atoms with Crippen LogP contribution in [0.25, 0.3) is 0 Å². The Bertz CT molecular complexity index is 305. The fourth-order valence-electron chi connectivity index (χ4n) is 1.68. The van der Waals surface area contributed by atoms with Gasteiger partial charge in [0.1, 0.15) is 0 Å². The molecule has 0 atom stereocenters. The highest BCUT2D eigenvalue weighted by Crippen LogP contribution is 2.41. The van der Waals surface area contributed by atoms with Crippen LogP contribution in [0.5, 0.6) is 0 Å². The Hall–Kier alpha value is -1.02. The second-order valence-electron chi connectivity index (χ2n) is 3.66. The van der Waals surface area contributed by atoms with Gasteiger partial charge in [0.05, 0.1) is 5.69 Å². The van der Waals surface area contributed by atoms with Gasteiger partial charge < -0.3 is 0 Å². The Morgan fingerprint density at radius 3 is 2.77 bits per heavy atom. The number of hydrogen-bond donors (Lipinski definition) is 2. The van der Waals surface area contributed by atoms with Crippen molar-refractivity contribution in [3.63, 3.8) is 0 Å². The van der Waals surface area contributed by atoms with Gasteiger partial charge in [-0.15, -0.1) is 0 Å². The van der Waals surface area contributed by atoms with E-state index in [0.29, 0.717) is 0 Å². The molecule has 1 saturated carbocycles. The summed E-state index contributed by atoms with van der Waals surface area (Å²) in [6.07, 6.45) is 3.56. The lowest BCUT2D eigenvalue weighted by atomic mass is 10.0. The monoisotopic (exact) mass is 177 g/mol. The van der Waals surface area contributed by atoms with Crippen LogP contribution in [0.3, 0.4) is 0 Å². The smallest absolute Gasteiger partial charge is 0.0636 e. The van der Waals surface area contributed by atoms with E-state index < -0.39 is 0 Å². The van der Waals surface area contributed by atoms with E-state index in [1.807, 2.05) is 0 Å². The number of nitrogens with one attached hydrogen (secondary N) is 1. The molecule has 0 aromatic heterocycles. The lowest BCUT2D eigenvalue weighted by Crippen LogP contribution is -1.96. The zero-order valence-corrected chi connectivity index (χ0v) is 7.88. The molecule has 2 nitrogen and oxygen atoms in total. The molecule has 0 radical (unpaired) electrons. The highest BCUT2D eigenvalue weighted by molar-refractivity contribution is 5.52. The molecule has 0 unspecified atom stereocenters. The second-order valence-corrected chi connectivity index (χ2v) is 3.66. The van der Waals surface area contributed by atoms with Crippen molar-refractivity contribution in [1.29, 1.82) is 0 Å². The zero-order chi connectivity index (χ0) is 9.26. The quantitative estimate of drug-likeness (QED) is 0.696. The third-order valence-electron chi connectivity index (χ3n) is 2.68. The Morgan fingerprint density at radius 1 is 1.46 bits per heavy atom. The predicted octanol–water partition coefficient (Wildman–Crippen LogP) is 2.93. The summed E-state index contributed by atoms with van der Waals surface area (Å²) in [6, 6.07) is 6.35. The fourth-order valence-corrected chi connectivity index (χ4v) is 1.68. The van der Waals surface area contributed by atoms with Gasteiger partial charge >= 0.3 is 0 Å². The van der Waals surface area contributed by atoms with Crippen LogP contribution in [0.1, 0.15) is 36.8 Å². The Balaban J connectivity index is 2.31. The summed E-state index contributed by atoms with van der Waals surface area (Å²) in [7, 11) is 0. The summed E-state index contributed by atoms with van der Waals surface area (Å²) in [5.74, 6) is 0.748. The molecule has 0 saturated heterocycles. The Labute approximate surface area is 78.5 Å². The average molecular weight is 177 g/mol. The highest BCUT2D eigenvalue weighted by Gasteiger charge is 2.23. The van der Waals surface area contributed by atoms with Gasteiger partial charge in [-0.05, 0) is 42.4 Å². The molecule has 0 bridgehead atoms. The first-order valence-corrected chi connectivity index (χ1v) is 4.88. The average Bonchev–Trinajstić information content (AvgIpc) is 3.00. The fraction of sp³-hybridized carbons (Fsp3) is 0.455. The summed E-state index contributed by atoms with van der Waals surface area (Å²) in [6.45, 7) is 2.09. The van der Waals surface area contributed by atoms with Gasteiger partial charge in [-0.1, -0.05) is 19.1 Å². The van der Waals surface area contributed by atoms with Crippen LogP contribution in [0.4, 0.5) is 5.69 Å². The van der Waals surface area contributed by atoms with Crippen LogP contribution >= 0.6 is 0 Å². The minimum atomic E-state index is 0.748. The second kappa shape index (κ2) is 3.38. The number of aryl methyl sites for hydroxylation is 1. The molecule has 1 aromatic rings. The minimum absolute atomic E-state index is 0.748. The summed E-state index contributed by atoms with van der Waals surface area (Å²) < 4.78 is 0. The Morgan fingerprint density at radius 2 is 2.23 bits per heavy atom. The van der Waals surface area contributed by atoms with Gasteiger partial charge in [-0.3, -0.25) is 10.7 Å². The van der Waals surface area contributed by atoms with E-state index in [-0.39, 0.29) is 0 Å². The number of hydrogen-bond acceptors (Lipinski definition) is 2. The maximum Gasteiger partial charge on any atom is 0.0636 e. The first-order chi connectivity index (χ1) is 6.35. The summed E-state index contributed by atoms with van der Waals surface area (Å²) in [5, 5.41) is 8.93. The van der Waals surface area contributed by atoms with Crippen molar-refractivity contribution in [1.82, 2.24) is 0 Å². The molecule has 2 rings (SSSR count). The normalized spacial score (nSPS) is 15.8. The van der Waals surface area contributed by atoms with Crippen molar-refractivity contribution in [2.75, 3.05) is 5.48 Å². The molecular weight excluding hydrogens is 162 g/mol. The van der Waals surface area contributed by atoms with E-state index >= 15 is 0 Å². The molecule has 0 aliphatic heterocycles. The molecule has 1 aromatic carbocycles. The van der Waals surface area contributed by atoms with Gasteiger partial charge in [-0.25, -0.2) is 0 Å². The van der Waals surface area contributed by atoms with Crippen LogP contribution in [-0.4, -0.2) is 5.21 Å². The molecule has 0 heterocycles. The molecule has 1 fully saturated rings. The number of rotatable bonds is 3. The third kappa shape index (κ3) is 1.68. The van der Waals surface area contributed by atoms with E-state index in [2.05, 4.69) is 30.6 Å². The van der Waals surface area contributed by atoms with Crippen molar-refractivity contribution in [2.24, 2.45) is 0 Å². The van der Waals surface area contributed by atoms with E-state index in [0.717, 1.165) is 18.0 Å². The molecule has 2 N–H and O–H groups in total. The lowest BCUT2D eigenvalue weighted by molar-refractivity contribution is 0.388. The van der Waals surface area contributed by atoms with Crippen LogP contribution in [-0.2, 0) is 6.42 Å². The highest BCUT2D eigenvalue weighted by atomic mass is 16.5. The number of anilines is 1. The Kier molecular flexibility index (Phi) is 2.23. The van der Waals surface area contributed by atoms with Crippen molar-refractivity contribution in [3.05, 3.63) is 29.3 Å². The molecule has 1 aliphatic rings. The van der Waals surface area contributed by atoms with Crippen LogP contribution in [0, 0.1) is 0 Å². The SMILES string of the molecule is CCc1ccc(C2CC2)cc1NO. The molecule has 0 amide bonds. The third-order valence-corrected chi connectivity index (χ3v) is 2.68. The van der Waals surface area contributed by atoms with Gasteiger partial charge in [0.2, 0.25) is 0 Å². The maximum atomic E-state index is 8.93. The van der Waals surface area contributed by atoms with Crippen LogP contribution in [0.15, 0.2) is 18.2 Å². The van der Waals surface area contributed by atoms with Crippen molar-refractivity contribution in [3.8, 4) is 0 Å². The van der Waals surface area contributed by atoms with E-state index in [4.69, 9.17) is 5.21 Å². The van der Waals surface area contributed by atoms with Crippen molar-refractivity contribution < 1.29 is 5.21 Å². The zero-order valence-electron chi connectivity index (χ0n) is 7.88. The molecule has 2 heteroatoms. The van der Waals surface area contributed by atoms with Gasteiger partial charge in [0.25, 0.3) is 0 Å². The van der Waals surface area contributed by atoms with Gasteiger partial charge in [0.15, 0.2) is 0 Å². The molecule has 70 valence electrons. The van der Waals surface area contributed by atoms with E-state index in [1.165, 1.54) is 24.0 Å². The topological polar surface area (TPSA) is 32.3 Å². The first kappa shape index (κ1) is 8.57. The summed E-state index contributed by atoms with van der Waals surface area (Å²) >= 11 is 0. The van der Waals surface area contributed by atoms with Gasteiger partial charge in [-0.2, -0.15) is 0 Å². The maximum absolute atomic E-state index is 8.93. The molecular formula is C11H15NO. The summed E-state index contributed by atoms with van der Waals surface area (Å²) in [4.78, 5) is 0. The number of benzene rings is 1. The molecule has 13 heavy (non-hydrogen) atoms. The van der Waals surface area contributed by atoms with E-state index in [9.17, 15) is 0 Å². The standard InChI is InChI=1S/C11H15NO/c1-2-8-3-6-10(9-4-5-9)7-11(8)12-13/h3,6-7,9,12-13H,2,4-5H2,1H3. The van der Waals surface area contributed by atoms with Gasteiger partial charge in [0, 0.05) is 0 Å².